The second-order valence-corrected chi connectivity index (χ2v) is 12.4. The molecule has 0 aliphatic carbocycles. The molecule has 0 saturated carbocycles. The number of hydrogen-bond acceptors (Lipinski definition) is 17. The van der Waals surface area contributed by atoms with E-state index in [-0.39, 0.29) is 30.5 Å². The summed E-state index contributed by atoms with van der Waals surface area (Å²) in [6.45, 7) is 0.659. The molecule has 3 heterocycles. The second kappa shape index (κ2) is 17.4. The molecule has 0 bridgehead atoms. The number of carbonyl (C=O) groups is 3. The summed E-state index contributed by atoms with van der Waals surface area (Å²) >= 11 is 0. The minimum Gasteiger partial charge on any atom is -0.550 e. The number of aliphatic hydroxyl groups is 4. The van der Waals surface area contributed by atoms with E-state index >= 15 is 0 Å². The van der Waals surface area contributed by atoms with E-state index in [9.17, 15) is 39.9 Å². The molecule has 4 rings (SSSR count). The highest BCUT2D eigenvalue weighted by Crippen LogP contribution is 2.30. The number of rotatable bonds is 15. The first-order valence-electron chi connectivity index (χ1n) is 15.7. The molecule has 1 aromatic carbocycles. The molecule has 10 atom stereocenters. The largest absolute Gasteiger partial charge is 0.550 e. The zero-order chi connectivity index (χ0) is 36.6. The van der Waals surface area contributed by atoms with Gasteiger partial charge in [0.25, 0.3) is 11.8 Å². The van der Waals surface area contributed by atoms with Gasteiger partial charge in [0.05, 0.1) is 33.7 Å². The molecule has 2 saturated heterocycles. The smallest absolute Gasteiger partial charge is 0.252 e. The minimum atomic E-state index is -1.84. The Morgan fingerprint density at radius 3 is 2.02 bits per heavy atom. The predicted molar refractivity (Wildman–Crippen MR) is 163 cm³/mol. The van der Waals surface area contributed by atoms with Gasteiger partial charge in [0.1, 0.15) is 36.6 Å². The predicted octanol–water partition coefficient (Wildman–Crippen LogP) is -5.18. The molecule has 20 heteroatoms. The van der Waals surface area contributed by atoms with E-state index in [1.54, 1.807) is 38.4 Å². The monoisotopic (exact) mass is 709 g/mol. The third kappa shape index (κ3) is 9.69. The Kier molecular flexibility index (Phi) is 13.6. The summed E-state index contributed by atoms with van der Waals surface area (Å²) in [7, 11) is 5.94. The molecule has 2 aliphatic heterocycles. The average molecular weight is 710 g/mol. The molecule has 276 valence electrons. The van der Waals surface area contributed by atoms with Crippen LogP contribution in [-0.2, 0) is 44.6 Å². The lowest BCUT2D eigenvalue weighted by Gasteiger charge is -2.46. The number of nitrogens with zero attached hydrogens (tertiary/aromatic N) is 5. The van der Waals surface area contributed by atoms with E-state index < -0.39 is 79.2 Å². The van der Waals surface area contributed by atoms with Crippen molar-refractivity contribution in [2.45, 2.75) is 74.4 Å². The Bertz CT molecular complexity index is 1420. The Morgan fingerprint density at radius 2 is 1.40 bits per heavy atom. The maximum atomic E-state index is 13.5. The van der Waals surface area contributed by atoms with E-state index in [1.807, 2.05) is 0 Å². The number of methoxy groups -OCH3 is 2. The van der Waals surface area contributed by atoms with Crippen molar-refractivity contribution in [1.29, 1.82) is 0 Å². The second-order valence-electron chi connectivity index (χ2n) is 12.4. The van der Waals surface area contributed by atoms with Crippen LogP contribution in [0.3, 0.4) is 0 Å². The first-order chi connectivity index (χ1) is 23.8. The summed E-state index contributed by atoms with van der Waals surface area (Å²) in [6, 6.07) is 6.82. The number of carbonyl (C=O) groups excluding carboxylic acids is 3. The fraction of sp³-hybridized carbons (Fsp3) is 0.633. The summed E-state index contributed by atoms with van der Waals surface area (Å²) in [4.78, 5) is 37.5. The lowest BCUT2D eigenvalue weighted by Crippen LogP contribution is -2.67. The summed E-state index contributed by atoms with van der Waals surface area (Å²) < 4.78 is 27.8. The lowest BCUT2D eigenvalue weighted by atomic mass is 9.95. The quantitative estimate of drug-likeness (QED) is 0.0943. The summed E-state index contributed by atoms with van der Waals surface area (Å²) in [5.74, 6) is -2.43. The number of hydrogen-bond donors (Lipinski definition) is 6. The molecule has 6 N–H and O–H groups in total. The highest BCUT2D eigenvalue weighted by Gasteiger charge is 2.54. The third-order valence-corrected chi connectivity index (χ3v) is 8.43. The number of aromatic nitrogens is 4. The van der Waals surface area contributed by atoms with Gasteiger partial charge in [-0.05, 0) is 5.56 Å². The number of nitrogens with one attached hydrogen (secondary N) is 2. The fourth-order valence-electron chi connectivity index (χ4n) is 5.44. The van der Waals surface area contributed by atoms with Gasteiger partial charge in [0, 0.05) is 38.7 Å². The van der Waals surface area contributed by atoms with Crippen molar-refractivity contribution < 1.29 is 68.1 Å². The third-order valence-electron chi connectivity index (χ3n) is 8.43. The van der Waals surface area contributed by atoms with Gasteiger partial charge in [0.2, 0.25) is 5.82 Å². The Labute approximate surface area is 286 Å². The summed E-state index contributed by atoms with van der Waals surface area (Å²) in [5.41, 5.74) is 1.29. The Hall–Kier alpha value is -3.83. The average Bonchev–Trinajstić information content (AvgIpc) is 3.10. The summed E-state index contributed by atoms with van der Waals surface area (Å²) in [6.07, 6.45) is -15.5. The van der Waals surface area contributed by atoms with Gasteiger partial charge < -0.3 is 69.1 Å². The molecule has 1 aromatic heterocycles. The van der Waals surface area contributed by atoms with Crippen LogP contribution in [0.4, 0.5) is 0 Å². The number of aliphatic carboxylic acids is 1. The van der Waals surface area contributed by atoms with Gasteiger partial charge in [-0.15, -0.1) is 20.4 Å². The minimum absolute atomic E-state index is 0.00408. The van der Waals surface area contributed by atoms with Crippen molar-refractivity contribution >= 4 is 17.8 Å². The van der Waals surface area contributed by atoms with Crippen LogP contribution >= 0.6 is 0 Å². The molecule has 4 unspecified atom stereocenters. The van der Waals surface area contributed by atoms with Gasteiger partial charge in [0.15, 0.2) is 31.1 Å². The topological polar surface area (TPSA) is 277 Å². The van der Waals surface area contributed by atoms with E-state index in [1.165, 1.54) is 20.5 Å². The molecule has 2 amide bonds. The van der Waals surface area contributed by atoms with Crippen molar-refractivity contribution in [2.75, 3.05) is 47.9 Å². The standard InChI is InChI=1S/C30H43N7O13/c1-37(2,11-9-17(38)39)12-10-31-27(44)24-22(46-3)18(40)21(43)30(50-24)48-23-19(41)20(42)29(47-4)49-25(23)28(45)32-13-15-5-7-16(8-6-15)26-35-33-14-34-36-26/h5-8,14,18-25,29-30,40-43H,9-13H2,1-4H3,(H2-,31,32,38,39,44,45)/t18-,19-,20-,21-,22+,23+,24?,25?,29?,30?/m1/s1. The number of aliphatic hydroxyl groups excluding tert-OH is 4. The molecular formula is C30H43N7O13. The van der Waals surface area contributed by atoms with Crippen molar-refractivity contribution in [1.82, 2.24) is 31.0 Å². The Balaban J connectivity index is 1.45. The van der Waals surface area contributed by atoms with Gasteiger partial charge in [-0.2, -0.15) is 0 Å². The zero-order valence-corrected chi connectivity index (χ0v) is 27.9. The molecular weight excluding hydrogens is 666 g/mol. The number of quaternary nitrogens is 1. The van der Waals surface area contributed by atoms with Crippen molar-refractivity contribution in [3.8, 4) is 11.4 Å². The maximum Gasteiger partial charge on any atom is 0.252 e. The number of carboxylic acids is 1. The van der Waals surface area contributed by atoms with Gasteiger partial charge >= 0.3 is 0 Å². The number of ether oxygens (including phenoxy) is 5. The molecule has 2 aromatic rings. The van der Waals surface area contributed by atoms with Crippen LogP contribution in [0.5, 0.6) is 0 Å². The van der Waals surface area contributed by atoms with Crippen molar-refractivity contribution in [3.63, 3.8) is 0 Å². The van der Waals surface area contributed by atoms with Crippen LogP contribution in [0.2, 0.25) is 0 Å². The van der Waals surface area contributed by atoms with Gasteiger partial charge in [-0.3, -0.25) is 9.59 Å². The maximum absolute atomic E-state index is 13.5. The van der Waals surface area contributed by atoms with E-state index in [4.69, 9.17) is 23.7 Å². The van der Waals surface area contributed by atoms with Crippen molar-refractivity contribution in [3.05, 3.63) is 36.2 Å². The lowest BCUT2D eigenvalue weighted by molar-refractivity contribution is -0.888. The van der Waals surface area contributed by atoms with E-state index in [2.05, 4.69) is 31.0 Å². The van der Waals surface area contributed by atoms with Crippen molar-refractivity contribution in [2.24, 2.45) is 0 Å². The highest BCUT2D eigenvalue weighted by atomic mass is 16.7. The van der Waals surface area contributed by atoms with Crippen LogP contribution in [0.15, 0.2) is 30.6 Å². The van der Waals surface area contributed by atoms with E-state index in [0.29, 0.717) is 23.5 Å². The molecule has 50 heavy (non-hydrogen) atoms. The SMILES string of the molecule is COC1OC(C(=O)NCc2ccc(-c3nncnn3)cc2)[C@@H](OC2OC(C(=O)NCC[N+](C)(C)CCC(=O)[O-])[C@@H](OC)[C@H](O)[C@H]2O)[C@H](O)[C@H]1O. The van der Waals surface area contributed by atoms with Crippen LogP contribution in [-0.4, -0.2) is 172 Å². The van der Waals surface area contributed by atoms with Crippen LogP contribution in [0, 0.1) is 0 Å². The molecule has 20 nitrogen and oxygen atoms in total. The number of carboxylic acid groups (broad SMARTS) is 1. The zero-order valence-electron chi connectivity index (χ0n) is 27.9. The number of likely N-dealkylation sites (N-methyl/N-ethyl adjacent to an activating group) is 1. The van der Waals surface area contributed by atoms with E-state index in [0.717, 1.165) is 0 Å². The number of benzene rings is 1. The first kappa shape index (κ1) is 39.0. The van der Waals surface area contributed by atoms with Crippen LogP contribution in [0.1, 0.15) is 12.0 Å². The Morgan fingerprint density at radius 1 is 0.820 bits per heavy atom. The summed E-state index contributed by atoms with van der Waals surface area (Å²) in [5, 5.41) is 74.8. The van der Waals surface area contributed by atoms with Crippen LogP contribution < -0.4 is 15.7 Å². The normalized spacial score (nSPS) is 30.0. The highest BCUT2D eigenvalue weighted by molar-refractivity contribution is 5.82. The van der Waals surface area contributed by atoms with Crippen LogP contribution in [0.25, 0.3) is 11.4 Å². The fourth-order valence-corrected chi connectivity index (χ4v) is 5.44. The molecule has 0 radical (unpaired) electrons. The molecule has 0 spiro atoms. The van der Waals surface area contributed by atoms with Gasteiger partial charge in [-0.1, -0.05) is 24.3 Å². The van der Waals surface area contributed by atoms with Gasteiger partial charge in [-0.25, -0.2) is 0 Å². The first-order valence-corrected chi connectivity index (χ1v) is 15.7. The number of amides is 2. The molecule has 2 fully saturated rings. The molecule has 2 aliphatic rings.